The molecule has 0 aromatic carbocycles. The highest BCUT2D eigenvalue weighted by Gasteiger charge is 2.05. The van der Waals surface area contributed by atoms with Crippen molar-refractivity contribution in [3.63, 3.8) is 0 Å². The Morgan fingerprint density at radius 2 is 1.12 bits per heavy atom. The predicted molar refractivity (Wildman–Crippen MR) is 165 cm³/mol. The number of aryl methyl sites for hydroxylation is 1. The van der Waals surface area contributed by atoms with Crippen molar-refractivity contribution in [3.05, 3.63) is 109 Å². The molecule has 7 aromatic heterocycles. The highest BCUT2D eigenvalue weighted by molar-refractivity contribution is 6.29. The van der Waals surface area contributed by atoms with Crippen LogP contribution in [0.2, 0.25) is 5.15 Å². The molecule has 0 saturated carbocycles. The number of pyridine rings is 4. The average Bonchev–Trinajstić information content (AvgIpc) is 3.02. The Balaban J connectivity index is 0.000000162. The van der Waals surface area contributed by atoms with Crippen LogP contribution in [0.15, 0.2) is 98.5 Å². The van der Waals surface area contributed by atoms with Crippen LogP contribution < -0.4 is 16.0 Å². The van der Waals surface area contributed by atoms with Crippen LogP contribution in [0.4, 0.5) is 34.4 Å². The summed E-state index contributed by atoms with van der Waals surface area (Å²) in [6.07, 6.45) is 14.9. The van der Waals surface area contributed by atoms with Crippen LogP contribution in [0.1, 0.15) is 5.56 Å². The van der Waals surface area contributed by atoms with Gasteiger partial charge in [-0.2, -0.15) is 5.10 Å². The standard InChI is InChI=1S/C17H14N8.C12H8ClN5/c1-11-4-17(25-21-6-11)24-16-3-2-14-15(23-16)5-12(9-20-14)22-13-7-18-10-19-8-13;13-12-2-1-10-11(18-12)3-8(6-16-10)17-9-4-14-7-15-5-9/h2-10,22H,1H3,(H,23,24,25);1-7,17H. The summed E-state index contributed by atoms with van der Waals surface area (Å²) >= 11 is 5.85. The first-order valence-electron chi connectivity index (χ1n) is 12.9. The second kappa shape index (κ2) is 12.7. The highest BCUT2D eigenvalue weighted by Crippen LogP contribution is 2.22. The molecule has 0 aliphatic rings. The van der Waals surface area contributed by atoms with Crippen LogP contribution in [-0.2, 0) is 0 Å². The van der Waals surface area contributed by atoms with Gasteiger partial charge in [-0.1, -0.05) is 11.6 Å². The Bertz CT molecular complexity index is 1990. The van der Waals surface area contributed by atoms with Gasteiger partial charge >= 0.3 is 0 Å². The molecule has 0 aliphatic carbocycles. The molecular formula is C29H22ClN13. The Morgan fingerprint density at radius 3 is 1.72 bits per heavy atom. The summed E-state index contributed by atoms with van der Waals surface area (Å²) in [6, 6.07) is 13.0. The van der Waals surface area contributed by atoms with Crippen molar-refractivity contribution in [3.8, 4) is 0 Å². The number of fused-ring (bicyclic) bond motifs is 2. The molecule has 14 heteroatoms. The van der Waals surface area contributed by atoms with Crippen molar-refractivity contribution in [2.75, 3.05) is 16.0 Å². The molecule has 0 bridgehead atoms. The van der Waals surface area contributed by atoms with E-state index in [1.807, 2.05) is 43.3 Å². The maximum absolute atomic E-state index is 5.85. The van der Waals surface area contributed by atoms with Crippen LogP contribution in [0.5, 0.6) is 0 Å². The fourth-order valence-corrected chi connectivity index (χ4v) is 4.07. The number of halogens is 1. The van der Waals surface area contributed by atoms with Gasteiger partial charge in [0.15, 0.2) is 5.82 Å². The quantitative estimate of drug-likeness (QED) is 0.199. The third-order valence-corrected chi connectivity index (χ3v) is 6.00. The number of nitrogens with zero attached hydrogens (tertiary/aromatic N) is 10. The Hall–Kier alpha value is -5.95. The van der Waals surface area contributed by atoms with Crippen LogP contribution in [0.3, 0.4) is 0 Å². The number of anilines is 6. The summed E-state index contributed by atoms with van der Waals surface area (Å²) in [7, 11) is 0. The minimum absolute atomic E-state index is 0.449. The van der Waals surface area contributed by atoms with E-state index in [1.54, 1.807) is 49.4 Å². The number of hydrogen-bond acceptors (Lipinski definition) is 13. The van der Waals surface area contributed by atoms with Gasteiger partial charge in [0.1, 0.15) is 23.6 Å². The van der Waals surface area contributed by atoms with Crippen molar-refractivity contribution in [2.24, 2.45) is 0 Å². The van der Waals surface area contributed by atoms with E-state index in [1.165, 1.54) is 12.7 Å². The molecule has 7 heterocycles. The molecule has 7 rings (SSSR count). The molecule has 0 aliphatic heterocycles. The third-order valence-electron chi connectivity index (χ3n) is 5.79. The molecule has 13 nitrogen and oxygen atoms in total. The van der Waals surface area contributed by atoms with Crippen molar-refractivity contribution >= 4 is 68.1 Å². The molecule has 0 radical (unpaired) electrons. The third kappa shape index (κ3) is 7.23. The number of nitrogens with one attached hydrogen (secondary N) is 3. The Labute approximate surface area is 250 Å². The lowest BCUT2D eigenvalue weighted by atomic mass is 10.3. The van der Waals surface area contributed by atoms with Gasteiger partial charge in [-0.15, -0.1) is 5.10 Å². The van der Waals surface area contributed by atoms with Gasteiger partial charge in [0.05, 0.1) is 88.2 Å². The van der Waals surface area contributed by atoms with E-state index >= 15 is 0 Å². The molecule has 0 fully saturated rings. The summed E-state index contributed by atoms with van der Waals surface area (Å²) in [4.78, 5) is 33.3. The van der Waals surface area contributed by atoms with Crippen molar-refractivity contribution in [1.29, 1.82) is 0 Å². The fraction of sp³-hybridized carbons (Fsp3) is 0.0345. The first-order valence-corrected chi connectivity index (χ1v) is 13.2. The average molecular weight is 588 g/mol. The van der Waals surface area contributed by atoms with Crippen LogP contribution in [-0.4, -0.2) is 50.1 Å². The minimum atomic E-state index is 0.449. The van der Waals surface area contributed by atoms with Gasteiger partial charge in [0, 0.05) is 0 Å². The van der Waals surface area contributed by atoms with Crippen molar-refractivity contribution in [2.45, 2.75) is 6.92 Å². The zero-order chi connectivity index (χ0) is 29.4. The molecule has 43 heavy (non-hydrogen) atoms. The number of hydrogen-bond donors (Lipinski definition) is 3. The smallest absolute Gasteiger partial charge is 0.154 e. The summed E-state index contributed by atoms with van der Waals surface area (Å²) in [6.45, 7) is 1.96. The molecule has 0 atom stereocenters. The largest absolute Gasteiger partial charge is 0.352 e. The van der Waals surface area contributed by atoms with Gasteiger partial charge < -0.3 is 16.0 Å². The second-order valence-electron chi connectivity index (χ2n) is 9.10. The first-order chi connectivity index (χ1) is 21.1. The minimum Gasteiger partial charge on any atom is -0.352 e. The molecule has 3 N–H and O–H groups in total. The summed E-state index contributed by atoms with van der Waals surface area (Å²) < 4.78 is 0. The molecule has 0 spiro atoms. The van der Waals surface area contributed by atoms with E-state index in [0.717, 1.165) is 50.4 Å². The zero-order valence-electron chi connectivity index (χ0n) is 22.6. The fourth-order valence-electron chi connectivity index (χ4n) is 3.91. The summed E-state index contributed by atoms with van der Waals surface area (Å²) in [5.74, 6) is 1.32. The van der Waals surface area contributed by atoms with E-state index in [-0.39, 0.29) is 0 Å². The van der Waals surface area contributed by atoms with Gasteiger partial charge in [-0.05, 0) is 55.0 Å². The first kappa shape index (κ1) is 27.2. The maximum atomic E-state index is 5.85. The second-order valence-corrected chi connectivity index (χ2v) is 9.49. The highest BCUT2D eigenvalue weighted by atomic mass is 35.5. The van der Waals surface area contributed by atoms with Gasteiger partial charge in [0.25, 0.3) is 0 Å². The maximum Gasteiger partial charge on any atom is 0.154 e. The predicted octanol–water partition coefficient (Wildman–Crippen LogP) is 5.82. The molecule has 210 valence electrons. The topological polar surface area (TPSA) is 165 Å². The van der Waals surface area contributed by atoms with Gasteiger partial charge in [-0.3, -0.25) is 9.97 Å². The van der Waals surface area contributed by atoms with Gasteiger partial charge in [0.2, 0.25) is 0 Å². The van der Waals surface area contributed by atoms with E-state index in [4.69, 9.17) is 11.6 Å². The number of aromatic nitrogens is 10. The summed E-state index contributed by atoms with van der Waals surface area (Å²) in [5, 5.41) is 17.9. The normalized spacial score (nSPS) is 10.6. The molecule has 7 aromatic rings. The lowest BCUT2D eigenvalue weighted by Crippen LogP contribution is -1.99. The van der Waals surface area contributed by atoms with E-state index in [9.17, 15) is 0 Å². The van der Waals surface area contributed by atoms with Gasteiger partial charge in [-0.25, -0.2) is 29.9 Å². The number of rotatable bonds is 6. The van der Waals surface area contributed by atoms with Crippen molar-refractivity contribution < 1.29 is 0 Å². The molecule has 0 unspecified atom stereocenters. The zero-order valence-corrected chi connectivity index (χ0v) is 23.3. The van der Waals surface area contributed by atoms with Crippen LogP contribution in [0.25, 0.3) is 22.1 Å². The van der Waals surface area contributed by atoms with Crippen LogP contribution >= 0.6 is 11.6 Å². The molecular weight excluding hydrogens is 566 g/mol. The van der Waals surface area contributed by atoms with E-state index in [0.29, 0.717) is 16.8 Å². The molecule has 0 amide bonds. The van der Waals surface area contributed by atoms with E-state index < -0.39 is 0 Å². The monoisotopic (exact) mass is 587 g/mol. The Morgan fingerprint density at radius 1 is 0.535 bits per heavy atom. The van der Waals surface area contributed by atoms with Crippen molar-refractivity contribution in [1.82, 2.24) is 50.1 Å². The lowest BCUT2D eigenvalue weighted by molar-refractivity contribution is 1.02. The van der Waals surface area contributed by atoms with Crippen LogP contribution in [0, 0.1) is 6.92 Å². The SMILES string of the molecule is Cc1cnnc(Nc2ccc3ncc(Nc4cncnc4)cc3n2)c1.Clc1ccc2ncc(Nc3cncnc3)cc2n1. The lowest BCUT2D eigenvalue weighted by Gasteiger charge is -2.08. The Kier molecular flexibility index (Phi) is 8.04. The van der Waals surface area contributed by atoms with E-state index in [2.05, 4.69) is 66.0 Å². The summed E-state index contributed by atoms with van der Waals surface area (Å²) in [5.41, 5.74) is 7.32. The molecule has 0 saturated heterocycles.